The van der Waals surface area contributed by atoms with Crippen LogP contribution in [0.15, 0.2) is 11.1 Å². The van der Waals surface area contributed by atoms with Crippen molar-refractivity contribution in [2.45, 2.75) is 33.6 Å². The molecule has 0 aromatic carbocycles. The van der Waals surface area contributed by atoms with Gasteiger partial charge in [-0.1, -0.05) is 13.8 Å². The predicted molar refractivity (Wildman–Crippen MR) is 106 cm³/mol. The molecule has 1 aliphatic rings. The minimum atomic E-state index is -0.104. The lowest BCUT2D eigenvalue weighted by atomic mass is 9.92. The zero-order valence-corrected chi connectivity index (χ0v) is 16.9. The lowest BCUT2D eigenvalue weighted by Crippen LogP contribution is -2.40. The fraction of sp³-hybridized carbons (Fsp3) is 0.632. The van der Waals surface area contributed by atoms with Crippen LogP contribution in [0.2, 0.25) is 0 Å². The molecule has 2 atom stereocenters. The summed E-state index contributed by atoms with van der Waals surface area (Å²) in [4.78, 5) is 32.8. The predicted octanol–water partition coefficient (Wildman–Crippen LogP) is 2.40. The van der Waals surface area contributed by atoms with Gasteiger partial charge in [-0.25, -0.2) is 4.98 Å². The molecule has 1 fully saturated rings. The number of aromatic nitrogens is 2. The van der Waals surface area contributed by atoms with Crippen molar-refractivity contribution in [3.63, 3.8) is 0 Å². The Morgan fingerprint density at radius 2 is 2.04 bits per heavy atom. The summed E-state index contributed by atoms with van der Waals surface area (Å²) in [5.74, 6) is 1.40. The van der Waals surface area contributed by atoms with Gasteiger partial charge in [0.15, 0.2) is 0 Å². The number of piperidine rings is 1. The molecule has 0 spiro atoms. The fourth-order valence-corrected chi connectivity index (χ4v) is 5.04. The largest absolute Gasteiger partial charge is 0.351 e. The summed E-state index contributed by atoms with van der Waals surface area (Å²) in [6, 6.07) is 0. The van der Waals surface area contributed by atoms with Gasteiger partial charge in [0.2, 0.25) is 0 Å². The Labute approximate surface area is 158 Å². The Hall–Kier alpha value is -1.73. The molecule has 0 bridgehead atoms. The molecule has 26 heavy (non-hydrogen) atoms. The van der Waals surface area contributed by atoms with E-state index < -0.39 is 0 Å². The van der Waals surface area contributed by atoms with Gasteiger partial charge in [0.1, 0.15) is 4.83 Å². The summed E-state index contributed by atoms with van der Waals surface area (Å²) in [5, 5.41) is 3.56. The Morgan fingerprint density at radius 3 is 2.73 bits per heavy atom. The summed E-state index contributed by atoms with van der Waals surface area (Å²) in [6.07, 6.45) is 3.75. The van der Waals surface area contributed by atoms with Crippen molar-refractivity contribution in [2.24, 2.45) is 18.9 Å². The second kappa shape index (κ2) is 7.88. The number of carbonyl (C=O) groups excluding carboxylic acids is 1. The maximum Gasteiger partial charge on any atom is 0.262 e. The molecule has 0 unspecified atom stereocenters. The van der Waals surface area contributed by atoms with E-state index >= 15 is 0 Å². The first-order valence-electron chi connectivity index (χ1n) is 9.32. The molecule has 142 valence electrons. The van der Waals surface area contributed by atoms with Crippen molar-refractivity contribution < 1.29 is 4.79 Å². The first-order chi connectivity index (χ1) is 12.4. The molecule has 1 saturated heterocycles. The first kappa shape index (κ1) is 19.0. The molecule has 7 heteroatoms. The second-order valence-electron chi connectivity index (χ2n) is 7.71. The number of hydrogen-bond acceptors (Lipinski definition) is 5. The average molecular weight is 377 g/mol. The molecule has 3 rings (SSSR count). The zero-order valence-electron chi connectivity index (χ0n) is 16.0. The summed E-state index contributed by atoms with van der Waals surface area (Å²) < 4.78 is 1.45. The molecule has 0 aliphatic carbocycles. The molecule has 1 amide bonds. The fourth-order valence-electron chi connectivity index (χ4n) is 3.98. The minimum absolute atomic E-state index is 0.101. The van der Waals surface area contributed by atoms with Gasteiger partial charge in [-0.2, -0.15) is 0 Å². The van der Waals surface area contributed by atoms with Crippen molar-refractivity contribution in [3.05, 3.63) is 27.1 Å². The highest BCUT2D eigenvalue weighted by Crippen LogP contribution is 2.26. The van der Waals surface area contributed by atoms with Gasteiger partial charge in [-0.3, -0.25) is 9.59 Å². The highest BCUT2D eigenvalue weighted by atomic mass is 32.1. The van der Waals surface area contributed by atoms with Gasteiger partial charge in [-0.15, -0.1) is 11.3 Å². The quantitative estimate of drug-likeness (QED) is 0.814. The Bertz CT molecular complexity index is 847. The summed E-state index contributed by atoms with van der Waals surface area (Å²) in [6.45, 7) is 10.4. The molecular weight excluding hydrogens is 348 g/mol. The third-order valence-electron chi connectivity index (χ3n) is 5.10. The van der Waals surface area contributed by atoms with Crippen LogP contribution in [0.25, 0.3) is 10.2 Å². The van der Waals surface area contributed by atoms with Gasteiger partial charge in [0.05, 0.1) is 16.6 Å². The molecule has 1 N–H and O–H groups in total. The first-order valence-corrected chi connectivity index (χ1v) is 10.1. The lowest BCUT2D eigenvalue weighted by Gasteiger charge is -2.34. The molecule has 2 aromatic rings. The molecule has 0 radical (unpaired) electrons. The summed E-state index contributed by atoms with van der Waals surface area (Å²) in [5.41, 5.74) is 0.631. The number of thiophene rings is 1. The van der Waals surface area contributed by atoms with Crippen LogP contribution in [0.4, 0.5) is 0 Å². The third kappa shape index (κ3) is 3.99. The number of rotatable bonds is 5. The Morgan fingerprint density at radius 1 is 1.35 bits per heavy atom. The normalized spacial score (nSPS) is 21.2. The maximum atomic E-state index is 12.5. The highest BCUT2D eigenvalue weighted by molar-refractivity contribution is 7.20. The van der Waals surface area contributed by atoms with Gasteiger partial charge in [0.25, 0.3) is 11.5 Å². The topological polar surface area (TPSA) is 67.2 Å². The number of aryl methyl sites for hydroxylation is 2. The summed E-state index contributed by atoms with van der Waals surface area (Å²) in [7, 11) is 1.67. The van der Waals surface area contributed by atoms with Crippen LogP contribution in [0.1, 0.15) is 41.9 Å². The van der Waals surface area contributed by atoms with Crippen LogP contribution in [0, 0.1) is 18.8 Å². The van der Waals surface area contributed by atoms with E-state index in [2.05, 4.69) is 29.0 Å². The second-order valence-corrected chi connectivity index (χ2v) is 8.71. The van der Waals surface area contributed by atoms with Crippen LogP contribution in [0.3, 0.4) is 0 Å². The smallest absolute Gasteiger partial charge is 0.262 e. The van der Waals surface area contributed by atoms with Crippen LogP contribution in [0.5, 0.6) is 0 Å². The number of nitrogens with zero attached hydrogens (tertiary/aromatic N) is 3. The van der Waals surface area contributed by atoms with Gasteiger partial charge in [0, 0.05) is 26.7 Å². The molecular formula is C19H28N4O2S. The van der Waals surface area contributed by atoms with Crippen molar-refractivity contribution in [1.29, 1.82) is 0 Å². The molecule has 3 heterocycles. The SMILES string of the molecule is Cc1c(C(=O)NCCCN2C[C@@H](C)C[C@H](C)C2)sc2ncn(C)c(=O)c12. The summed E-state index contributed by atoms with van der Waals surface area (Å²) >= 11 is 1.29. The number of nitrogens with one attached hydrogen (secondary N) is 1. The number of amides is 1. The van der Waals surface area contributed by atoms with Gasteiger partial charge >= 0.3 is 0 Å². The number of hydrogen-bond donors (Lipinski definition) is 1. The van der Waals surface area contributed by atoms with Crippen molar-refractivity contribution in [3.8, 4) is 0 Å². The van der Waals surface area contributed by atoms with Crippen LogP contribution in [-0.4, -0.2) is 46.5 Å². The van der Waals surface area contributed by atoms with Crippen molar-refractivity contribution >= 4 is 27.5 Å². The van der Waals surface area contributed by atoms with E-state index in [1.807, 2.05) is 6.92 Å². The molecule has 0 saturated carbocycles. The lowest BCUT2D eigenvalue weighted by molar-refractivity contribution is 0.0951. The molecule has 1 aliphatic heterocycles. The average Bonchev–Trinajstić information content (AvgIpc) is 2.91. The van der Waals surface area contributed by atoms with Crippen LogP contribution < -0.4 is 10.9 Å². The van der Waals surface area contributed by atoms with E-state index in [0.29, 0.717) is 21.6 Å². The minimum Gasteiger partial charge on any atom is -0.351 e. The van der Waals surface area contributed by atoms with Crippen molar-refractivity contribution in [2.75, 3.05) is 26.2 Å². The van der Waals surface area contributed by atoms with Crippen LogP contribution in [-0.2, 0) is 7.05 Å². The number of carbonyl (C=O) groups is 1. The standard InChI is InChI=1S/C19H28N4O2S/c1-12-8-13(2)10-23(9-12)7-5-6-20-17(24)16-14(3)15-18(26-16)21-11-22(4)19(15)25/h11-13H,5-10H2,1-4H3,(H,20,24)/t12-,13-/m0/s1. The van der Waals surface area contributed by atoms with Gasteiger partial charge in [-0.05, 0) is 43.7 Å². The van der Waals surface area contributed by atoms with E-state index in [4.69, 9.17) is 0 Å². The van der Waals surface area contributed by atoms with Gasteiger partial charge < -0.3 is 14.8 Å². The highest BCUT2D eigenvalue weighted by Gasteiger charge is 2.22. The number of fused-ring (bicyclic) bond motifs is 1. The number of likely N-dealkylation sites (tertiary alicyclic amines) is 1. The van der Waals surface area contributed by atoms with E-state index in [9.17, 15) is 9.59 Å². The monoisotopic (exact) mass is 376 g/mol. The van der Waals surface area contributed by atoms with Crippen molar-refractivity contribution in [1.82, 2.24) is 19.8 Å². The van der Waals surface area contributed by atoms with E-state index in [1.54, 1.807) is 7.05 Å². The van der Waals surface area contributed by atoms with Crippen LogP contribution >= 0.6 is 11.3 Å². The Balaban J connectivity index is 1.57. The van der Waals surface area contributed by atoms with E-state index in [0.717, 1.165) is 43.5 Å². The van der Waals surface area contributed by atoms with E-state index in [-0.39, 0.29) is 11.5 Å². The maximum absolute atomic E-state index is 12.5. The molecule has 6 nitrogen and oxygen atoms in total. The Kier molecular flexibility index (Phi) is 5.77. The van der Waals surface area contributed by atoms with E-state index in [1.165, 1.54) is 28.7 Å². The molecule has 2 aromatic heterocycles. The zero-order chi connectivity index (χ0) is 18.8. The third-order valence-corrected chi connectivity index (χ3v) is 6.30.